The molecule has 0 amide bonds. The largest absolute Gasteiger partial charge is 0.310 e. The first-order valence-electron chi connectivity index (χ1n) is 7.14. The lowest BCUT2D eigenvalue weighted by Crippen LogP contribution is -2.36. The number of thiophene rings is 1. The molecule has 0 bridgehead atoms. The van der Waals surface area contributed by atoms with Crippen molar-refractivity contribution in [1.82, 2.24) is 10.0 Å². The summed E-state index contributed by atoms with van der Waals surface area (Å²) in [4.78, 5) is 2.33. The van der Waals surface area contributed by atoms with Crippen LogP contribution in [0.2, 0.25) is 0 Å². The number of sulfonamides is 1. The van der Waals surface area contributed by atoms with Gasteiger partial charge in [-0.3, -0.25) is 0 Å². The van der Waals surface area contributed by atoms with E-state index in [2.05, 4.69) is 23.9 Å². The highest BCUT2D eigenvalue weighted by Gasteiger charge is 2.22. The summed E-state index contributed by atoms with van der Waals surface area (Å²) in [5.74, 6) is 0.792. The number of aryl methyl sites for hydroxylation is 1. The number of rotatable bonds is 9. The molecule has 1 aromatic rings. The number of nitrogens with one attached hydrogen (secondary N) is 2. The van der Waals surface area contributed by atoms with Gasteiger partial charge < -0.3 is 5.32 Å². The second-order valence-electron chi connectivity index (χ2n) is 5.35. The second kappa shape index (κ2) is 8.53. The molecule has 21 heavy (non-hydrogen) atoms. The van der Waals surface area contributed by atoms with Gasteiger partial charge in [-0.1, -0.05) is 20.8 Å². The van der Waals surface area contributed by atoms with Crippen LogP contribution in [0.15, 0.2) is 11.0 Å². The average molecular weight is 351 g/mol. The molecule has 2 N–H and O–H groups in total. The second-order valence-corrected chi connectivity index (χ2v) is 9.28. The first kappa shape index (κ1) is 19.0. The molecule has 7 heteroatoms. The Balaban J connectivity index is 2.87. The minimum atomic E-state index is -3.42. The third-order valence-corrected chi connectivity index (χ3v) is 6.64. The molecule has 0 aromatic carbocycles. The van der Waals surface area contributed by atoms with E-state index in [9.17, 15) is 8.42 Å². The maximum absolute atomic E-state index is 12.5. The van der Waals surface area contributed by atoms with Crippen LogP contribution in [-0.4, -0.2) is 32.5 Å². The molecule has 1 aromatic heterocycles. The van der Waals surface area contributed by atoms with Crippen molar-refractivity contribution in [2.24, 2.45) is 0 Å². The van der Waals surface area contributed by atoms with Gasteiger partial charge in [-0.2, -0.15) is 11.8 Å². The van der Waals surface area contributed by atoms with Gasteiger partial charge in [-0.05, 0) is 25.7 Å². The summed E-state index contributed by atoms with van der Waals surface area (Å²) in [7, 11) is -3.42. The average Bonchev–Trinajstić information content (AvgIpc) is 2.77. The summed E-state index contributed by atoms with van der Waals surface area (Å²) in [6.07, 6.45) is 2.79. The molecule has 0 saturated heterocycles. The summed E-state index contributed by atoms with van der Waals surface area (Å²) in [6, 6.07) is 2.17. The lowest BCUT2D eigenvalue weighted by molar-refractivity contribution is 0.558. The zero-order valence-corrected chi connectivity index (χ0v) is 15.8. The van der Waals surface area contributed by atoms with Crippen LogP contribution in [0, 0.1) is 6.92 Å². The van der Waals surface area contributed by atoms with E-state index < -0.39 is 10.0 Å². The van der Waals surface area contributed by atoms with E-state index in [-0.39, 0.29) is 6.04 Å². The Morgan fingerprint density at radius 3 is 2.57 bits per heavy atom. The van der Waals surface area contributed by atoms with Crippen molar-refractivity contribution in [3.63, 3.8) is 0 Å². The molecular formula is C14H26N2O2S3. The molecule has 4 nitrogen and oxygen atoms in total. The van der Waals surface area contributed by atoms with Gasteiger partial charge in [0.05, 0.1) is 4.90 Å². The van der Waals surface area contributed by atoms with Crippen molar-refractivity contribution in [2.45, 2.75) is 57.6 Å². The summed E-state index contributed by atoms with van der Waals surface area (Å²) in [5, 5.41) is 3.32. The van der Waals surface area contributed by atoms with Crippen molar-refractivity contribution in [3.8, 4) is 0 Å². The summed E-state index contributed by atoms with van der Waals surface area (Å²) in [6.45, 7) is 8.73. The predicted octanol–water partition coefficient (Wildman–Crippen LogP) is 2.97. The van der Waals surface area contributed by atoms with Crippen LogP contribution in [0.5, 0.6) is 0 Å². The molecule has 0 aliphatic carbocycles. The fourth-order valence-corrected chi connectivity index (χ4v) is 5.63. The van der Waals surface area contributed by atoms with E-state index in [0.717, 1.165) is 21.9 Å². The molecule has 1 atom stereocenters. The smallest absolute Gasteiger partial charge is 0.241 e. The van der Waals surface area contributed by atoms with Crippen molar-refractivity contribution < 1.29 is 8.42 Å². The Morgan fingerprint density at radius 1 is 1.38 bits per heavy atom. The Labute approximate surface area is 137 Å². The molecule has 1 unspecified atom stereocenters. The standard InChI is InChI=1S/C14H26N2O2S3/c1-6-12(9-19-5)16-21(17,18)14-7-13(20-11(14)4)8-15-10(2)3/h7,10,12,15-16H,6,8-9H2,1-5H3. The molecule has 1 heterocycles. The first-order valence-corrected chi connectivity index (χ1v) is 10.8. The zero-order chi connectivity index (χ0) is 16.0. The van der Waals surface area contributed by atoms with Gasteiger partial charge in [0.1, 0.15) is 0 Å². The Bertz CT molecular complexity index is 538. The summed E-state index contributed by atoms with van der Waals surface area (Å²) >= 11 is 3.20. The molecule has 0 fully saturated rings. The van der Waals surface area contributed by atoms with Crippen LogP contribution < -0.4 is 10.0 Å². The highest BCUT2D eigenvalue weighted by molar-refractivity contribution is 7.98. The Hall–Kier alpha value is -0.0800. The first-order chi connectivity index (χ1) is 9.80. The fraction of sp³-hybridized carbons (Fsp3) is 0.714. The van der Waals surface area contributed by atoms with E-state index in [1.54, 1.807) is 29.2 Å². The highest BCUT2D eigenvalue weighted by Crippen LogP contribution is 2.26. The van der Waals surface area contributed by atoms with E-state index in [4.69, 9.17) is 0 Å². The van der Waals surface area contributed by atoms with Crippen molar-refractivity contribution >= 4 is 33.1 Å². The van der Waals surface area contributed by atoms with Gasteiger partial charge in [0, 0.05) is 34.1 Å². The van der Waals surface area contributed by atoms with Gasteiger partial charge in [0.2, 0.25) is 10.0 Å². The molecule has 0 radical (unpaired) electrons. The summed E-state index contributed by atoms with van der Waals surface area (Å²) < 4.78 is 27.8. The maximum Gasteiger partial charge on any atom is 0.241 e. The highest BCUT2D eigenvalue weighted by atomic mass is 32.2. The van der Waals surface area contributed by atoms with Gasteiger partial charge in [0.15, 0.2) is 0 Å². The molecule has 122 valence electrons. The molecule has 0 spiro atoms. The minimum absolute atomic E-state index is 0.0125. The topological polar surface area (TPSA) is 58.2 Å². The van der Waals surface area contributed by atoms with Gasteiger partial charge in [-0.25, -0.2) is 13.1 Å². The maximum atomic E-state index is 12.5. The third-order valence-electron chi connectivity index (χ3n) is 3.08. The van der Waals surface area contributed by atoms with E-state index in [0.29, 0.717) is 17.5 Å². The van der Waals surface area contributed by atoms with E-state index >= 15 is 0 Å². The Kier molecular flexibility index (Phi) is 7.70. The molecule has 0 saturated carbocycles. The van der Waals surface area contributed by atoms with Crippen LogP contribution in [0.25, 0.3) is 0 Å². The van der Waals surface area contributed by atoms with Crippen LogP contribution in [0.3, 0.4) is 0 Å². The number of hydrogen-bond acceptors (Lipinski definition) is 5. The van der Waals surface area contributed by atoms with Crippen LogP contribution in [0.1, 0.15) is 36.9 Å². The summed E-state index contributed by atoms with van der Waals surface area (Å²) in [5.41, 5.74) is 0. The normalized spacial score (nSPS) is 13.8. The quantitative estimate of drug-likeness (QED) is 0.719. The fourth-order valence-electron chi connectivity index (χ4n) is 1.90. The number of hydrogen-bond donors (Lipinski definition) is 2. The lowest BCUT2D eigenvalue weighted by atomic mass is 10.3. The molecule has 0 aliphatic heterocycles. The van der Waals surface area contributed by atoms with Crippen LogP contribution in [-0.2, 0) is 16.6 Å². The van der Waals surface area contributed by atoms with Crippen molar-refractivity contribution in [3.05, 3.63) is 15.8 Å². The molecular weight excluding hydrogens is 324 g/mol. The Morgan fingerprint density at radius 2 is 2.05 bits per heavy atom. The van der Waals surface area contributed by atoms with Crippen molar-refractivity contribution in [1.29, 1.82) is 0 Å². The van der Waals surface area contributed by atoms with Crippen LogP contribution >= 0.6 is 23.1 Å². The van der Waals surface area contributed by atoms with Crippen LogP contribution in [0.4, 0.5) is 0 Å². The predicted molar refractivity (Wildman–Crippen MR) is 93.8 cm³/mol. The molecule has 0 aliphatic rings. The minimum Gasteiger partial charge on any atom is -0.310 e. The van der Waals surface area contributed by atoms with Gasteiger partial charge in [-0.15, -0.1) is 11.3 Å². The van der Waals surface area contributed by atoms with E-state index in [1.807, 2.05) is 20.1 Å². The van der Waals surface area contributed by atoms with Gasteiger partial charge >= 0.3 is 0 Å². The SMILES string of the molecule is CCC(CSC)NS(=O)(=O)c1cc(CNC(C)C)sc1C. The zero-order valence-electron chi connectivity index (χ0n) is 13.4. The lowest BCUT2D eigenvalue weighted by Gasteiger charge is -2.15. The van der Waals surface area contributed by atoms with Gasteiger partial charge in [0.25, 0.3) is 0 Å². The third kappa shape index (κ3) is 5.90. The number of thioether (sulfide) groups is 1. The monoisotopic (exact) mass is 350 g/mol. The van der Waals surface area contributed by atoms with Crippen molar-refractivity contribution in [2.75, 3.05) is 12.0 Å². The molecule has 1 rings (SSSR count). The van der Waals surface area contributed by atoms with E-state index in [1.165, 1.54) is 0 Å².